The molecule has 3 aromatic rings. The van der Waals surface area contributed by atoms with E-state index >= 15 is 0 Å². The smallest absolute Gasteiger partial charge is 0.348 e. The first kappa shape index (κ1) is 19.6. The zero-order chi connectivity index (χ0) is 20.2. The SMILES string of the molecule is COc1ccc(-c2csc(NC(=O)COC(=O)c3cc4c(s3)CCCC4)n2)cc1. The van der Waals surface area contributed by atoms with E-state index < -0.39 is 11.9 Å². The maximum Gasteiger partial charge on any atom is 0.348 e. The number of carbonyl (C=O) groups excluding carboxylic acids is 2. The molecule has 1 aliphatic carbocycles. The van der Waals surface area contributed by atoms with Crippen molar-refractivity contribution in [2.45, 2.75) is 25.7 Å². The first-order valence-corrected chi connectivity index (χ1v) is 11.0. The third kappa shape index (κ3) is 4.65. The van der Waals surface area contributed by atoms with Crippen molar-refractivity contribution in [1.82, 2.24) is 4.98 Å². The van der Waals surface area contributed by atoms with Crippen LogP contribution in [0.5, 0.6) is 5.75 Å². The van der Waals surface area contributed by atoms with Gasteiger partial charge >= 0.3 is 5.97 Å². The molecule has 4 rings (SSSR count). The van der Waals surface area contributed by atoms with E-state index in [0.717, 1.165) is 42.7 Å². The second kappa shape index (κ2) is 8.75. The van der Waals surface area contributed by atoms with Crippen LogP contribution in [0.3, 0.4) is 0 Å². The van der Waals surface area contributed by atoms with Gasteiger partial charge in [-0.25, -0.2) is 9.78 Å². The van der Waals surface area contributed by atoms with Gasteiger partial charge in [0.15, 0.2) is 11.7 Å². The molecule has 0 fully saturated rings. The number of nitrogens with one attached hydrogen (secondary N) is 1. The summed E-state index contributed by atoms with van der Waals surface area (Å²) in [7, 11) is 1.62. The number of nitrogens with zero attached hydrogens (tertiary/aromatic N) is 1. The summed E-state index contributed by atoms with van der Waals surface area (Å²) in [6.07, 6.45) is 4.36. The topological polar surface area (TPSA) is 77.5 Å². The van der Waals surface area contributed by atoms with E-state index in [1.807, 2.05) is 35.7 Å². The Hall–Kier alpha value is -2.71. The highest BCUT2D eigenvalue weighted by Crippen LogP contribution is 2.30. The van der Waals surface area contributed by atoms with Crippen LogP contribution in [0.4, 0.5) is 5.13 Å². The van der Waals surface area contributed by atoms with Crippen LogP contribution in [-0.2, 0) is 22.4 Å². The summed E-state index contributed by atoms with van der Waals surface area (Å²) in [5, 5.41) is 5.00. The number of aromatic nitrogens is 1. The monoisotopic (exact) mass is 428 g/mol. The maximum atomic E-state index is 12.2. The Morgan fingerprint density at radius 3 is 2.72 bits per heavy atom. The van der Waals surface area contributed by atoms with Gasteiger partial charge in [-0.3, -0.25) is 10.1 Å². The highest BCUT2D eigenvalue weighted by Gasteiger charge is 2.19. The van der Waals surface area contributed by atoms with Gasteiger partial charge in [0, 0.05) is 15.8 Å². The maximum absolute atomic E-state index is 12.2. The van der Waals surface area contributed by atoms with Gasteiger partial charge in [0.25, 0.3) is 5.91 Å². The van der Waals surface area contributed by atoms with Crippen LogP contribution in [0.25, 0.3) is 11.3 Å². The number of thiazole rings is 1. The van der Waals surface area contributed by atoms with Crippen LogP contribution in [0.2, 0.25) is 0 Å². The van der Waals surface area contributed by atoms with Crippen LogP contribution in [0.1, 0.15) is 33.0 Å². The molecule has 29 heavy (non-hydrogen) atoms. The average molecular weight is 429 g/mol. The molecular weight excluding hydrogens is 408 g/mol. The summed E-state index contributed by atoms with van der Waals surface area (Å²) in [6.45, 7) is -0.334. The van der Waals surface area contributed by atoms with Gasteiger partial charge in [-0.05, 0) is 61.6 Å². The summed E-state index contributed by atoms with van der Waals surface area (Å²) >= 11 is 2.80. The van der Waals surface area contributed by atoms with Crippen molar-refractivity contribution in [3.63, 3.8) is 0 Å². The number of hydrogen-bond donors (Lipinski definition) is 1. The van der Waals surface area contributed by atoms with E-state index in [2.05, 4.69) is 10.3 Å². The molecule has 0 saturated carbocycles. The lowest BCUT2D eigenvalue weighted by atomic mass is 9.99. The van der Waals surface area contributed by atoms with Crippen molar-refractivity contribution in [3.8, 4) is 17.0 Å². The molecule has 0 unspecified atom stereocenters. The van der Waals surface area contributed by atoms with Gasteiger partial charge in [0.05, 0.1) is 12.8 Å². The van der Waals surface area contributed by atoms with E-state index in [-0.39, 0.29) is 6.61 Å². The van der Waals surface area contributed by atoms with Crippen molar-refractivity contribution in [2.75, 3.05) is 19.0 Å². The summed E-state index contributed by atoms with van der Waals surface area (Å²) in [5.41, 5.74) is 2.93. The fourth-order valence-electron chi connectivity index (χ4n) is 3.17. The van der Waals surface area contributed by atoms with Crippen molar-refractivity contribution < 1.29 is 19.1 Å². The molecule has 1 N–H and O–H groups in total. The lowest BCUT2D eigenvalue weighted by Crippen LogP contribution is -2.20. The van der Waals surface area contributed by atoms with Crippen LogP contribution >= 0.6 is 22.7 Å². The zero-order valence-electron chi connectivity index (χ0n) is 15.9. The Labute approximate surface area is 176 Å². The minimum atomic E-state index is -0.447. The number of esters is 1. The molecule has 0 aliphatic heterocycles. The molecule has 0 bridgehead atoms. The molecular formula is C21H20N2O4S2. The van der Waals surface area contributed by atoms with Gasteiger partial charge in [-0.15, -0.1) is 22.7 Å². The number of fused-ring (bicyclic) bond motifs is 1. The first-order chi connectivity index (χ1) is 14.1. The summed E-state index contributed by atoms with van der Waals surface area (Å²) < 4.78 is 10.3. The van der Waals surface area contributed by atoms with E-state index in [9.17, 15) is 9.59 Å². The molecule has 0 spiro atoms. The number of amides is 1. The highest BCUT2D eigenvalue weighted by atomic mass is 32.1. The molecule has 2 heterocycles. The number of carbonyl (C=O) groups is 2. The van der Waals surface area contributed by atoms with Gasteiger partial charge in [0.2, 0.25) is 0 Å². The van der Waals surface area contributed by atoms with Crippen LogP contribution < -0.4 is 10.1 Å². The number of aryl methyl sites for hydroxylation is 2. The summed E-state index contributed by atoms with van der Waals surface area (Å²) in [5.74, 6) is -0.0844. The summed E-state index contributed by atoms with van der Waals surface area (Å²) in [4.78, 5) is 30.6. The fourth-order valence-corrected chi connectivity index (χ4v) is 5.06. The standard InChI is InChI=1S/C21H20N2O4S2/c1-26-15-8-6-13(7-9-15)16-12-28-21(22-16)23-19(24)11-27-20(25)18-10-14-4-2-3-5-17(14)29-18/h6-10,12H,2-5,11H2,1H3,(H,22,23,24). The first-order valence-electron chi connectivity index (χ1n) is 9.31. The van der Waals surface area contributed by atoms with Crippen molar-refractivity contribution in [3.05, 3.63) is 51.0 Å². The van der Waals surface area contributed by atoms with E-state index in [1.165, 1.54) is 33.1 Å². The molecule has 1 amide bonds. The number of thiophene rings is 1. The minimum Gasteiger partial charge on any atom is -0.497 e. The van der Waals surface area contributed by atoms with E-state index in [1.54, 1.807) is 7.11 Å². The van der Waals surface area contributed by atoms with Gasteiger partial charge < -0.3 is 9.47 Å². The number of hydrogen-bond acceptors (Lipinski definition) is 7. The quantitative estimate of drug-likeness (QED) is 0.583. The van der Waals surface area contributed by atoms with E-state index in [0.29, 0.717) is 10.0 Å². The van der Waals surface area contributed by atoms with Gasteiger partial charge in [0.1, 0.15) is 10.6 Å². The van der Waals surface area contributed by atoms with Crippen LogP contribution in [-0.4, -0.2) is 30.6 Å². The van der Waals surface area contributed by atoms with Crippen LogP contribution in [0.15, 0.2) is 35.7 Å². The molecule has 8 heteroatoms. The zero-order valence-corrected chi connectivity index (χ0v) is 17.5. The van der Waals surface area contributed by atoms with Crippen molar-refractivity contribution in [2.24, 2.45) is 0 Å². The Balaban J connectivity index is 1.31. The molecule has 0 radical (unpaired) electrons. The van der Waals surface area contributed by atoms with Gasteiger partial charge in [-0.1, -0.05) is 0 Å². The van der Waals surface area contributed by atoms with Gasteiger partial charge in [-0.2, -0.15) is 0 Å². The van der Waals surface area contributed by atoms with E-state index in [4.69, 9.17) is 9.47 Å². The number of ether oxygens (including phenoxy) is 2. The molecule has 150 valence electrons. The number of anilines is 1. The predicted molar refractivity (Wildman–Crippen MR) is 114 cm³/mol. The third-order valence-electron chi connectivity index (χ3n) is 4.67. The number of rotatable bonds is 6. The minimum absolute atomic E-state index is 0.334. The number of benzene rings is 1. The lowest BCUT2D eigenvalue weighted by molar-refractivity contribution is -0.119. The van der Waals surface area contributed by atoms with Crippen LogP contribution in [0, 0.1) is 0 Å². The fraction of sp³-hybridized carbons (Fsp3) is 0.286. The molecule has 1 aliphatic rings. The highest BCUT2D eigenvalue weighted by molar-refractivity contribution is 7.14. The predicted octanol–water partition coefficient (Wildman–Crippen LogP) is 4.55. The molecule has 0 saturated heterocycles. The third-order valence-corrected chi connectivity index (χ3v) is 6.64. The lowest BCUT2D eigenvalue weighted by Gasteiger charge is -2.08. The normalized spacial score (nSPS) is 12.9. The Bertz CT molecular complexity index is 1000. The average Bonchev–Trinajstić information content (AvgIpc) is 3.39. The second-order valence-electron chi connectivity index (χ2n) is 6.66. The van der Waals surface area contributed by atoms with Crippen molar-refractivity contribution in [1.29, 1.82) is 0 Å². The number of methoxy groups -OCH3 is 1. The molecule has 2 aromatic heterocycles. The summed E-state index contributed by atoms with van der Waals surface area (Å²) in [6, 6.07) is 9.43. The Morgan fingerprint density at radius 2 is 1.97 bits per heavy atom. The Morgan fingerprint density at radius 1 is 1.17 bits per heavy atom. The molecule has 0 atom stereocenters. The largest absolute Gasteiger partial charge is 0.497 e. The molecule has 1 aromatic carbocycles. The second-order valence-corrected chi connectivity index (χ2v) is 8.65. The molecule has 6 nitrogen and oxygen atoms in total. The Kier molecular flexibility index (Phi) is 5.92. The van der Waals surface area contributed by atoms with Crippen molar-refractivity contribution >= 4 is 39.7 Å².